The molecule has 0 saturated carbocycles. The van der Waals surface area contributed by atoms with Crippen molar-refractivity contribution < 1.29 is 9.47 Å². The number of piperidine rings is 1. The van der Waals surface area contributed by atoms with Crippen molar-refractivity contribution in [2.45, 2.75) is 32.0 Å². The lowest BCUT2D eigenvalue weighted by Crippen LogP contribution is -2.48. The second-order valence-corrected chi connectivity index (χ2v) is 10.4. The van der Waals surface area contributed by atoms with Crippen molar-refractivity contribution in [1.82, 2.24) is 29.0 Å². The monoisotopic (exact) mass is 494 g/mol. The molecule has 3 aromatic heterocycles. The van der Waals surface area contributed by atoms with Gasteiger partial charge in [0.2, 0.25) is 0 Å². The third-order valence-corrected chi connectivity index (χ3v) is 8.35. The molecule has 2 fully saturated rings. The van der Waals surface area contributed by atoms with Gasteiger partial charge in [0, 0.05) is 43.6 Å². The minimum absolute atomic E-state index is 0.166. The maximum absolute atomic E-state index is 13.3. The number of thiophene rings is 1. The first kappa shape index (κ1) is 22.7. The molecule has 0 amide bonds. The van der Waals surface area contributed by atoms with Gasteiger partial charge in [0.15, 0.2) is 5.65 Å². The highest BCUT2D eigenvalue weighted by Gasteiger charge is 2.26. The summed E-state index contributed by atoms with van der Waals surface area (Å²) in [4.78, 5) is 25.0. The van der Waals surface area contributed by atoms with E-state index in [1.807, 2.05) is 28.8 Å². The van der Waals surface area contributed by atoms with Crippen LogP contribution in [-0.4, -0.2) is 81.5 Å². The quantitative estimate of drug-likeness (QED) is 0.408. The van der Waals surface area contributed by atoms with Crippen molar-refractivity contribution in [2.24, 2.45) is 0 Å². The van der Waals surface area contributed by atoms with Gasteiger partial charge in [0.25, 0.3) is 0 Å². The number of nitrogens with zero attached hydrogens (tertiary/aromatic N) is 6. The molecular weight excluding hydrogens is 464 g/mol. The van der Waals surface area contributed by atoms with E-state index in [2.05, 4.69) is 25.9 Å². The molecule has 2 saturated heterocycles. The van der Waals surface area contributed by atoms with Crippen LogP contribution in [0.1, 0.15) is 23.3 Å². The summed E-state index contributed by atoms with van der Waals surface area (Å²) in [6.45, 7) is 7.38. The third kappa shape index (κ3) is 4.47. The first-order valence-electron chi connectivity index (χ1n) is 12.2. The molecule has 5 heterocycles. The normalized spacial score (nSPS) is 18.5. The predicted molar refractivity (Wildman–Crippen MR) is 135 cm³/mol. The molecule has 0 unspecified atom stereocenters. The maximum atomic E-state index is 13.3. The lowest BCUT2D eigenvalue weighted by atomic mass is 10.0. The number of hydrogen-bond donors (Lipinski definition) is 0. The predicted octanol–water partition coefficient (Wildman–Crippen LogP) is 2.46. The Kier molecular flexibility index (Phi) is 6.28. The standard InChI is InChI=1S/C25H30N6O3S/c1-33-20-4-2-18(3-5-20)15-30-24-22(23-26-17-27-31(23)25(30)32)14-21(35-24)16-28-8-6-19(7-9-28)29-10-12-34-13-11-29/h2-5,14,17,19H,6-13,15-16H2,1H3. The lowest BCUT2D eigenvalue weighted by molar-refractivity contribution is 0.000310. The smallest absolute Gasteiger partial charge is 0.352 e. The summed E-state index contributed by atoms with van der Waals surface area (Å²) in [5.74, 6) is 0.800. The van der Waals surface area contributed by atoms with E-state index in [0.717, 1.165) is 67.5 Å². The van der Waals surface area contributed by atoms with Gasteiger partial charge in [-0.25, -0.2) is 9.78 Å². The van der Waals surface area contributed by atoms with Crippen LogP contribution in [-0.2, 0) is 17.8 Å². The number of methoxy groups -OCH3 is 1. The highest BCUT2D eigenvalue weighted by Crippen LogP contribution is 2.30. The van der Waals surface area contributed by atoms with Gasteiger partial charge in [-0.05, 0) is 36.6 Å². The van der Waals surface area contributed by atoms with E-state index in [1.54, 1.807) is 18.4 Å². The zero-order valence-electron chi connectivity index (χ0n) is 19.9. The molecule has 0 spiro atoms. The first-order valence-corrected chi connectivity index (χ1v) is 13.0. The molecule has 6 rings (SSSR count). The Hall–Kier alpha value is -2.79. The largest absolute Gasteiger partial charge is 0.497 e. The number of hydrogen-bond acceptors (Lipinski definition) is 8. The van der Waals surface area contributed by atoms with Gasteiger partial charge >= 0.3 is 5.69 Å². The number of benzene rings is 1. The van der Waals surface area contributed by atoms with Crippen molar-refractivity contribution in [3.63, 3.8) is 0 Å². The van der Waals surface area contributed by atoms with Crippen LogP contribution in [0, 0.1) is 0 Å². The molecule has 184 valence electrons. The third-order valence-electron chi connectivity index (χ3n) is 7.21. The summed E-state index contributed by atoms with van der Waals surface area (Å²) < 4.78 is 14.0. The molecule has 4 aromatic rings. The van der Waals surface area contributed by atoms with Crippen LogP contribution in [0.2, 0.25) is 0 Å². The van der Waals surface area contributed by atoms with Gasteiger partial charge in [-0.15, -0.1) is 11.3 Å². The molecular formula is C25H30N6O3S. The average molecular weight is 495 g/mol. The summed E-state index contributed by atoms with van der Waals surface area (Å²) in [7, 11) is 1.65. The average Bonchev–Trinajstić information content (AvgIpc) is 3.55. The number of morpholine rings is 1. The van der Waals surface area contributed by atoms with E-state index in [1.165, 1.54) is 28.6 Å². The van der Waals surface area contributed by atoms with Gasteiger partial charge in [-0.1, -0.05) is 12.1 Å². The molecule has 2 aliphatic rings. The van der Waals surface area contributed by atoms with Crippen molar-refractivity contribution in [2.75, 3.05) is 46.5 Å². The summed E-state index contributed by atoms with van der Waals surface area (Å²) in [6.07, 6.45) is 3.85. The molecule has 0 radical (unpaired) electrons. The van der Waals surface area contributed by atoms with Crippen LogP contribution >= 0.6 is 11.3 Å². The Morgan fingerprint density at radius 1 is 1.09 bits per heavy atom. The fourth-order valence-corrected chi connectivity index (χ4v) is 6.48. The number of fused-ring (bicyclic) bond motifs is 3. The zero-order chi connectivity index (χ0) is 23.8. The highest BCUT2D eigenvalue weighted by molar-refractivity contribution is 7.18. The van der Waals surface area contributed by atoms with Crippen LogP contribution < -0.4 is 10.4 Å². The van der Waals surface area contributed by atoms with Crippen molar-refractivity contribution >= 4 is 27.2 Å². The Morgan fingerprint density at radius 3 is 2.60 bits per heavy atom. The fourth-order valence-electron chi connectivity index (χ4n) is 5.29. The topological polar surface area (TPSA) is 77.1 Å². The second-order valence-electron chi connectivity index (χ2n) is 9.30. The molecule has 2 aliphatic heterocycles. The SMILES string of the molecule is COc1ccc(Cn2c(=O)n3ncnc3c3cc(CN4CCC(N5CCOCC5)CC4)sc32)cc1. The van der Waals surface area contributed by atoms with E-state index < -0.39 is 0 Å². The van der Waals surface area contributed by atoms with E-state index in [4.69, 9.17) is 9.47 Å². The van der Waals surface area contributed by atoms with Gasteiger partial charge in [-0.3, -0.25) is 14.4 Å². The van der Waals surface area contributed by atoms with Crippen LogP contribution in [0.5, 0.6) is 5.75 Å². The first-order chi connectivity index (χ1) is 17.2. The summed E-state index contributed by atoms with van der Waals surface area (Å²) in [5, 5.41) is 5.19. The Morgan fingerprint density at radius 2 is 1.86 bits per heavy atom. The van der Waals surface area contributed by atoms with E-state index >= 15 is 0 Å². The molecule has 10 heteroatoms. The molecule has 0 bridgehead atoms. The fraction of sp³-hybridized carbons (Fsp3) is 0.480. The number of rotatable bonds is 6. The van der Waals surface area contributed by atoms with Crippen molar-refractivity contribution in [3.8, 4) is 5.75 Å². The Bertz CT molecular complexity index is 1360. The Labute approximate surface area is 207 Å². The second kappa shape index (κ2) is 9.69. The number of aromatic nitrogens is 4. The van der Waals surface area contributed by atoms with Crippen LogP contribution in [0.25, 0.3) is 15.9 Å². The summed E-state index contributed by atoms with van der Waals surface area (Å²) in [5.41, 5.74) is 1.50. The van der Waals surface area contributed by atoms with Crippen molar-refractivity contribution in [3.05, 3.63) is 57.6 Å². The molecule has 35 heavy (non-hydrogen) atoms. The summed E-state index contributed by atoms with van der Waals surface area (Å²) in [6, 6.07) is 10.7. The van der Waals surface area contributed by atoms with Crippen LogP contribution in [0.4, 0.5) is 0 Å². The molecule has 1 aromatic carbocycles. The highest BCUT2D eigenvalue weighted by atomic mass is 32.1. The minimum Gasteiger partial charge on any atom is -0.497 e. The minimum atomic E-state index is -0.166. The van der Waals surface area contributed by atoms with Gasteiger partial charge < -0.3 is 9.47 Å². The molecule has 9 nitrogen and oxygen atoms in total. The van der Waals surface area contributed by atoms with Gasteiger partial charge in [0.05, 0.1) is 32.3 Å². The van der Waals surface area contributed by atoms with Gasteiger partial charge in [-0.2, -0.15) is 9.61 Å². The van der Waals surface area contributed by atoms with Crippen LogP contribution in [0.3, 0.4) is 0 Å². The van der Waals surface area contributed by atoms with E-state index in [9.17, 15) is 4.79 Å². The molecule has 0 aliphatic carbocycles. The number of likely N-dealkylation sites (tertiary alicyclic amines) is 1. The van der Waals surface area contributed by atoms with E-state index in [-0.39, 0.29) is 5.69 Å². The van der Waals surface area contributed by atoms with Crippen LogP contribution in [0.15, 0.2) is 41.5 Å². The van der Waals surface area contributed by atoms with Crippen molar-refractivity contribution in [1.29, 1.82) is 0 Å². The maximum Gasteiger partial charge on any atom is 0.352 e. The van der Waals surface area contributed by atoms with E-state index in [0.29, 0.717) is 18.2 Å². The lowest BCUT2D eigenvalue weighted by Gasteiger charge is -2.40. The molecule has 0 N–H and O–H groups in total. The number of ether oxygens (including phenoxy) is 2. The zero-order valence-corrected chi connectivity index (χ0v) is 20.7. The summed E-state index contributed by atoms with van der Waals surface area (Å²) >= 11 is 1.69. The molecule has 0 atom stereocenters. The van der Waals surface area contributed by atoms with Gasteiger partial charge in [0.1, 0.15) is 16.9 Å². The Balaban J connectivity index is 1.25.